The number of aromatic nitrogens is 3. The summed E-state index contributed by atoms with van der Waals surface area (Å²) < 4.78 is 6.65. The van der Waals surface area contributed by atoms with Gasteiger partial charge in [-0.3, -0.25) is 0 Å². The van der Waals surface area contributed by atoms with Gasteiger partial charge in [-0.1, -0.05) is 143 Å². The minimum absolute atomic E-state index is 0.0917. The lowest BCUT2D eigenvalue weighted by atomic mass is 9.81. The van der Waals surface area contributed by atoms with Crippen LogP contribution in [0, 0.1) is 0 Å². The van der Waals surface area contributed by atoms with Crippen molar-refractivity contribution in [2.75, 3.05) is 0 Å². The van der Waals surface area contributed by atoms with Crippen LogP contribution in [0.4, 0.5) is 0 Å². The van der Waals surface area contributed by atoms with Crippen molar-refractivity contribution in [3.05, 3.63) is 174 Å². The van der Waals surface area contributed by atoms with Crippen molar-refractivity contribution < 1.29 is 4.42 Å². The molecule has 8 aromatic carbocycles. The van der Waals surface area contributed by atoms with Gasteiger partial charge in [0.15, 0.2) is 17.5 Å². The molecule has 0 radical (unpaired) electrons. The van der Waals surface area contributed by atoms with Crippen LogP contribution < -0.4 is 0 Å². The van der Waals surface area contributed by atoms with E-state index in [1.807, 2.05) is 30.3 Å². The molecule has 0 aliphatic heterocycles. The third-order valence-corrected chi connectivity index (χ3v) is 12.9. The first-order chi connectivity index (χ1) is 27.7. The molecule has 0 saturated carbocycles. The van der Waals surface area contributed by atoms with Crippen LogP contribution in [-0.4, -0.2) is 15.0 Å². The molecule has 2 aromatic heterocycles. The fraction of sp³-hybridized carbons (Fsp3) is 0.113. The minimum atomic E-state index is -0.123. The molecule has 270 valence electrons. The molecule has 57 heavy (non-hydrogen) atoms. The van der Waals surface area contributed by atoms with E-state index in [2.05, 4.69) is 149 Å². The summed E-state index contributed by atoms with van der Waals surface area (Å²) in [6.07, 6.45) is 0. The van der Waals surface area contributed by atoms with Crippen LogP contribution in [0.1, 0.15) is 49.9 Å². The zero-order valence-corrected chi connectivity index (χ0v) is 32.2. The minimum Gasteiger partial charge on any atom is -0.456 e. The highest BCUT2D eigenvalue weighted by atomic mass is 16.3. The van der Waals surface area contributed by atoms with Crippen molar-refractivity contribution in [3.63, 3.8) is 0 Å². The molecule has 4 nitrogen and oxygen atoms in total. The van der Waals surface area contributed by atoms with Crippen molar-refractivity contribution in [2.45, 2.75) is 38.5 Å². The van der Waals surface area contributed by atoms with Gasteiger partial charge in [-0.05, 0) is 102 Å². The summed E-state index contributed by atoms with van der Waals surface area (Å²) in [6, 6.07) is 54.5. The van der Waals surface area contributed by atoms with E-state index in [0.29, 0.717) is 17.5 Å². The largest absolute Gasteiger partial charge is 0.456 e. The Morgan fingerprint density at radius 2 is 0.947 bits per heavy atom. The van der Waals surface area contributed by atoms with E-state index in [-0.39, 0.29) is 10.8 Å². The van der Waals surface area contributed by atoms with Crippen LogP contribution >= 0.6 is 0 Å². The molecule has 12 rings (SSSR count). The number of benzene rings is 8. The summed E-state index contributed by atoms with van der Waals surface area (Å²) in [7, 11) is 0. The number of nitrogens with zero attached hydrogens (tertiary/aromatic N) is 3. The van der Waals surface area contributed by atoms with E-state index in [4.69, 9.17) is 19.4 Å². The third kappa shape index (κ3) is 4.53. The molecule has 0 bridgehead atoms. The van der Waals surface area contributed by atoms with Crippen molar-refractivity contribution >= 4 is 43.5 Å². The second-order valence-corrected chi connectivity index (χ2v) is 16.8. The van der Waals surface area contributed by atoms with E-state index in [0.717, 1.165) is 38.6 Å². The van der Waals surface area contributed by atoms with Gasteiger partial charge >= 0.3 is 0 Å². The number of hydrogen-bond acceptors (Lipinski definition) is 4. The zero-order valence-electron chi connectivity index (χ0n) is 32.2. The Kier molecular flexibility index (Phi) is 6.43. The maximum atomic E-state index is 6.65. The lowest BCUT2D eigenvalue weighted by Gasteiger charge is -2.22. The molecule has 2 aliphatic rings. The summed E-state index contributed by atoms with van der Waals surface area (Å²) in [5.41, 5.74) is 14.8. The van der Waals surface area contributed by atoms with Gasteiger partial charge in [0, 0.05) is 38.3 Å². The molecule has 2 heterocycles. The Bertz CT molecular complexity index is 3350. The average molecular weight is 732 g/mol. The smallest absolute Gasteiger partial charge is 0.164 e. The maximum absolute atomic E-state index is 6.65. The second kappa shape index (κ2) is 11.3. The second-order valence-electron chi connectivity index (χ2n) is 16.8. The number of rotatable bonds is 3. The molecule has 4 heteroatoms. The number of hydrogen-bond donors (Lipinski definition) is 0. The molecule has 0 atom stereocenters. The molecule has 0 spiro atoms. The van der Waals surface area contributed by atoms with Gasteiger partial charge in [0.2, 0.25) is 0 Å². The molecular weight excluding hydrogens is 695 g/mol. The van der Waals surface area contributed by atoms with Gasteiger partial charge in [0.1, 0.15) is 11.2 Å². The quantitative estimate of drug-likeness (QED) is 0.170. The summed E-state index contributed by atoms with van der Waals surface area (Å²) in [5, 5.41) is 6.90. The van der Waals surface area contributed by atoms with Crippen molar-refractivity contribution in [1.29, 1.82) is 0 Å². The van der Waals surface area contributed by atoms with Crippen LogP contribution in [0.2, 0.25) is 0 Å². The van der Waals surface area contributed by atoms with Gasteiger partial charge < -0.3 is 4.42 Å². The topological polar surface area (TPSA) is 51.8 Å². The van der Waals surface area contributed by atoms with Crippen molar-refractivity contribution in [3.8, 4) is 56.4 Å². The number of furan rings is 1. The van der Waals surface area contributed by atoms with Gasteiger partial charge in [0.25, 0.3) is 0 Å². The molecule has 2 aliphatic carbocycles. The Hall–Kier alpha value is -6.91. The molecule has 0 N–H and O–H groups in total. The fourth-order valence-corrected chi connectivity index (χ4v) is 9.94. The summed E-state index contributed by atoms with van der Waals surface area (Å²) in [4.78, 5) is 15.7. The molecule has 10 aromatic rings. The van der Waals surface area contributed by atoms with Gasteiger partial charge in [-0.2, -0.15) is 0 Å². The summed E-state index contributed by atoms with van der Waals surface area (Å²) in [6.45, 7) is 9.29. The lowest BCUT2D eigenvalue weighted by molar-refractivity contribution is 0.647. The predicted molar refractivity (Wildman–Crippen MR) is 234 cm³/mol. The highest BCUT2D eigenvalue weighted by Crippen LogP contribution is 2.52. The Labute approximate surface area is 330 Å². The van der Waals surface area contributed by atoms with E-state index in [9.17, 15) is 0 Å². The van der Waals surface area contributed by atoms with Gasteiger partial charge in [0.05, 0.1) is 0 Å². The fourth-order valence-electron chi connectivity index (χ4n) is 9.94. The van der Waals surface area contributed by atoms with Gasteiger partial charge in [-0.25, -0.2) is 15.0 Å². The Morgan fingerprint density at radius 3 is 1.70 bits per heavy atom. The predicted octanol–water partition coefficient (Wildman–Crippen LogP) is 13.7. The number of fused-ring (bicyclic) bond motifs is 12. The average Bonchev–Trinajstić information content (AvgIpc) is 3.81. The zero-order chi connectivity index (χ0) is 38.2. The standard InChI is InChI=1S/C53H37N3O/c1-52(2)42-18-10-8-15-34(42)39-25-32-23-21-30-22-24-33(26-37(30)38(32)28-44(39)52)50-54-49(31-13-6-5-7-14-31)55-51(56-50)36-17-12-20-46-48(36)41-27-40-35-16-9-11-19-43(35)53(3,4)45(40)29-47(41)57-46/h5-29H,1-4H3. The van der Waals surface area contributed by atoms with E-state index in [1.54, 1.807) is 0 Å². The first-order valence-electron chi connectivity index (χ1n) is 19.8. The Morgan fingerprint density at radius 1 is 0.368 bits per heavy atom. The van der Waals surface area contributed by atoms with Crippen LogP contribution in [0.15, 0.2) is 156 Å². The molecule has 0 saturated heterocycles. The SMILES string of the molecule is CC1(C)c2ccccc2-c2cc3c(cc21)oc1cccc(-c2nc(-c4ccccc4)nc(-c4ccc5ccc6cc7c(cc6c5c4)C(C)(C)c4ccccc4-7)n2)c13. The third-order valence-electron chi connectivity index (χ3n) is 12.9. The van der Waals surface area contributed by atoms with Crippen LogP contribution in [-0.2, 0) is 10.8 Å². The van der Waals surface area contributed by atoms with Crippen LogP contribution in [0.25, 0.3) is 99.9 Å². The molecule has 0 unspecified atom stereocenters. The normalized spacial score (nSPS) is 14.6. The molecule has 0 amide bonds. The first-order valence-corrected chi connectivity index (χ1v) is 19.8. The van der Waals surface area contributed by atoms with Crippen LogP contribution in [0.5, 0.6) is 0 Å². The highest BCUT2D eigenvalue weighted by Gasteiger charge is 2.37. The summed E-state index contributed by atoms with van der Waals surface area (Å²) in [5.74, 6) is 1.88. The maximum Gasteiger partial charge on any atom is 0.164 e. The lowest BCUT2D eigenvalue weighted by Crippen LogP contribution is -2.14. The van der Waals surface area contributed by atoms with Crippen LogP contribution in [0.3, 0.4) is 0 Å². The van der Waals surface area contributed by atoms with E-state index in [1.165, 1.54) is 66.1 Å². The van der Waals surface area contributed by atoms with E-state index < -0.39 is 0 Å². The summed E-state index contributed by atoms with van der Waals surface area (Å²) >= 11 is 0. The van der Waals surface area contributed by atoms with Crippen molar-refractivity contribution in [2.24, 2.45) is 0 Å². The first kappa shape index (κ1) is 32.3. The molecule has 0 fully saturated rings. The monoisotopic (exact) mass is 731 g/mol. The highest BCUT2D eigenvalue weighted by molar-refractivity contribution is 6.14. The van der Waals surface area contributed by atoms with Crippen molar-refractivity contribution in [1.82, 2.24) is 15.0 Å². The van der Waals surface area contributed by atoms with Gasteiger partial charge in [-0.15, -0.1) is 0 Å². The molecular formula is C53H37N3O. The van der Waals surface area contributed by atoms with E-state index >= 15 is 0 Å². The Balaban J connectivity index is 1.07.